The van der Waals surface area contributed by atoms with Gasteiger partial charge in [0.05, 0.1) is 5.56 Å². The van der Waals surface area contributed by atoms with Crippen LogP contribution in [-0.2, 0) is 0 Å². The second kappa shape index (κ2) is 4.10. The summed E-state index contributed by atoms with van der Waals surface area (Å²) in [6.45, 7) is 0. The molecule has 1 saturated carbocycles. The van der Waals surface area contributed by atoms with Crippen LogP contribution in [0.4, 0.5) is 0 Å². The van der Waals surface area contributed by atoms with Crippen molar-refractivity contribution in [2.75, 3.05) is 0 Å². The van der Waals surface area contributed by atoms with Crippen molar-refractivity contribution in [3.8, 4) is 6.07 Å². The Hall–Kier alpha value is -0.880. The molecule has 0 bridgehead atoms. The maximum absolute atomic E-state index is 9.04. The smallest absolute Gasteiger partial charge is 0.124 e. The highest BCUT2D eigenvalue weighted by molar-refractivity contribution is 9.10. The van der Waals surface area contributed by atoms with Gasteiger partial charge in [-0.15, -0.1) is 0 Å². The van der Waals surface area contributed by atoms with Crippen molar-refractivity contribution >= 4 is 15.9 Å². The molecule has 1 aromatic rings. The summed E-state index contributed by atoms with van der Waals surface area (Å²) in [5.41, 5.74) is 1.89. The standard InChI is InChI=1S/C11H11BrN2/c12-11-10(7-13)9(5-6-14-11)8-3-1-2-4-8/h5-6,8H,1-4H2. The van der Waals surface area contributed by atoms with Gasteiger partial charge in [-0.3, -0.25) is 0 Å². The van der Waals surface area contributed by atoms with Gasteiger partial charge in [-0.1, -0.05) is 12.8 Å². The lowest BCUT2D eigenvalue weighted by Gasteiger charge is -2.11. The van der Waals surface area contributed by atoms with Gasteiger partial charge in [-0.2, -0.15) is 5.26 Å². The third-order valence-electron chi connectivity index (χ3n) is 2.84. The van der Waals surface area contributed by atoms with Crippen LogP contribution in [0.3, 0.4) is 0 Å². The number of nitrogens with zero attached hydrogens (tertiary/aromatic N) is 2. The fourth-order valence-corrected chi connectivity index (χ4v) is 2.57. The summed E-state index contributed by atoms with van der Waals surface area (Å²) in [5.74, 6) is 0.573. The van der Waals surface area contributed by atoms with Gasteiger partial charge < -0.3 is 0 Å². The van der Waals surface area contributed by atoms with Crippen molar-refractivity contribution in [3.05, 3.63) is 28.0 Å². The monoisotopic (exact) mass is 250 g/mol. The van der Waals surface area contributed by atoms with E-state index in [0.717, 1.165) is 5.56 Å². The van der Waals surface area contributed by atoms with Gasteiger partial charge in [-0.25, -0.2) is 4.98 Å². The average Bonchev–Trinajstić information content (AvgIpc) is 2.70. The fourth-order valence-electron chi connectivity index (χ4n) is 2.14. The van der Waals surface area contributed by atoms with Gasteiger partial charge in [0.1, 0.15) is 10.7 Å². The largest absolute Gasteiger partial charge is 0.248 e. The van der Waals surface area contributed by atoms with Crippen LogP contribution in [0, 0.1) is 11.3 Å². The number of hydrogen-bond acceptors (Lipinski definition) is 2. The first kappa shape index (κ1) is 9.67. The lowest BCUT2D eigenvalue weighted by molar-refractivity contribution is 0.718. The van der Waals surface area contributed by atoms with Gasteiger partial charge in [0.2, 0.25) is 0 Å². The van der Waals surface area contributed by atoms with Crippen LogP contribution < -0.4 is 0 Å². The number of rotatable bonds is 1. The van der Waals surface area contributed by atoms with Crippen molar-refractivity contribution in [1.82, 2.24) is 4.98 Å². The van der Waals surface area contributed by atoms with Crippen LogP contribution in [-0.4, -0.2) is 4.98 Å². The average molecular weight is 251 g/mol. The third kappa shape index (κ3) is 1.67. The molecule has 0 spiro atoms. The minimum atomic E-state index is 0.573. The Morgan fingerprint density at radius 3 is 2.79 bits per heavy atom. The molecule has 1 aliphatic rings. The Bertz CT molecular complexity index is 375. The molecule has 0 atom stereocenters. The molecule has 0 N–H and O–H groups in total. The summed E-state index contributed by atoms with van der Waals surface area (Å²) in [4.78, 5) is 4.08. The minimum absolute atomic E-state index is 0.573. The Labute approximate surface area is 92.1 Å². The fraction of sp³-hybridized carbons (Fsp3) is 0.455. The number of aromatic nitrogens is 1. The van der Waals surface area contributed by atoms with E-state index < -0.39 is 0 Å². The van der Waals surface area contributed by atoms with Crippen LogP contribution in [0.2, 0.25) is 0 Å². The Morgan fingerprint density at radius 1 is 1.43 bits per heavy atom. The van der Waals surface area contributed by atoms with Gasteiger partial charge in [0.15, 0.2) is 0 Å². The van der Waals surface area contributed by atoms with Crippen molar-refractivity contribution in [2.24, 2.45) is 0 Å². The van der Waals surface area contributed by atoms with Crippen LogP contribution >= 0.6 is 15.9 Å². The summed E-state index contributed by atoms with van der Waals surface area (Å²) in [6, 6.07) is 4.22. The van der Waals surface area contributed by atoms with Crippen molar-refractivity contribution in [3.63, 3.8) is 0 Å². The molecule has 0 saturated heterocycles. The van der Waals surface area contributed by atoms with Crippen molar-refractivity contribution in [1.29, 1.82) is 5.26 Å². The molecule has 0 unspecified atom stereocenters. The number of halogens is 1. The number of pyridine rings is 1. The molecule has 1 heterocycles. The van der Waals surface area contributed by atoms with Gasteiger partial charge in [0, 0.05) is 6.20 Å². The van der Waals surface area contributed by atoms with Crippen LogP contribution in [0.5, 0.6) is 0 Å². The Balaban J connectivity index is 2.42. The first-order valence-electron chi connectivity index (χ1n) is 4.87. The SMILES string of the molecule is N#Cc1c(C2CCCC2)ccnc1Br. The summed E-state index contributed by atoms with van der Waals surface area (Å²) in [6.07, 6.45) is 6.78. The van der Waals surface area contributed by atoms with Gasteiger partial charge in [-0.05, 0) is 46.3 Å². The topological polar surface area (TPSA) is 36.7 Å². The molecule has 2 nitrogen and oxygen atoms in total. The van der Waals surface area contributed by atoms with E-state index in [-0.39, 0.29) is 0 Å². The second-order valence-electron chi connectivity index (χ2n) is 3.66. The van der Waals surface area contributed by atoms with Crippen LogP contribution in [0.25, 0.3) is 0 Å². The molecular weight excluding hydrogens is 240 g/mol. The second-order valence-corrected chi connectivity index (χ2v) is 4.41. The van der Waals surface area contributed by atoms with Gasteiger partial charge >= 0.3 is 0 Å². The Morgan fingerprint density at radius 2 is 2.14 bits per heavy atom. The zero-order chi connectivity index (χ0) is 9.97. The first-order valence-corrected chi connectivity index (χ1v) is 5.66. The zero-order valence-corrected chi connectivity index (χ0v) is 9.42. The van der Waals surface area contributed by atoms with Crippen LogP contribution in [0.15, 0.2) is 16.9 Å². The number of hydrogen-bond donors (Lipinski definition) is 0. The van der Waals surface area contributed by atoms with E-state index in [0.29, 0.717) is 10.5 Å². The maximum Gasteiger partial charge on any atom is 0.124 e. The molecule has 1 fully saturated rings. The predicted molar refractivity (Wildman–Crippen MR) is 57.9 cm³/mol. The summed E-state index contributed by atoms with van der Waals surface area (Å²) in [5, 5.41) is 9.04. The first-order chi connectivity index (χ1) is 6.83. The highest BCUT2D eigenvalue weighted by Crippen LogP contribution is 2.36. The number of nitriles is 1. The maximum atomic E-state index is 9.04. The van der Waals surface area contributed by atoms with E-state index in [2.05, 4.69) is 27.0 Å². The van der Waals surface area contributed by atoms with Crippen LogP contribution in [0.1, 0.15) is 42.7 Å². The zero-order valence-electron chi connectivity index (χ0n) is 7.83. The summed E-state index contributed by atoms with van der Waals surface area (Å²) < 4.78 is 0.685. The molecule has 0 aromatic carbocycles. The molecule has 2 rings (SSSR count). The Kier molecular flexibility index (Phi) is 2.83. The molecule has 72 valence electrons. The third-order valence-corrected chi connectivity index (χ3v) is 3.44. The molecule has 1 aromatic heterocycles. The molecule has 0 amide bonds. The van der Waals surface area contributed by atoms with Gasteiger partial charge in [0.25, 0.3) is 0 Å². The predicted octanol–water partition coefficient (Wildman–Crippen LogP) is 3.37. The molecule has 14 heavy (non-hydrogen) atoms. The van der Waals surface area contributed by atoms with E-state index in [4.69, 9.17) is 5.26 Å². The summed E-state index contributed by atoms with van der Waals surface area (Å²) >= 11 is 3.32. The van der Waals surface area contributed by atoms with Crippen molar-refractivity contribution < 1.29 is 0 Å². The highest BCUT2D eigenvalue weighted by atomic mass is 79.9. The normalized spacial score (nSPS) is 16.9. The minimum Gasteiger partial charge on any atom is -0.248 e. The quantitative estimate of drug-likeness (QED) is 0.717. The lowest BCUT2D eigenvalue weighted by Crippen LogP contribution is -1.98. The molecule has 3 heteroatoms. The van der Waals surface area contributed by atoms with E-state index in [1.807, 2.05) is 6.07 Å². The summed E-state index contributed by atoms with van der Waals surface area (Å²) in [7, 11) is 0. The van der Waals surface area contributed by atoms with E-state index in [1.165, 1.54) is 31.2 Å². The highest BCUT2D eigenvalue weighted by Gasteiger charge is 2.21. The molecule has 0 radical (unpaired) electrons. The molecule has 0 aliphatic heterocycles. The molecule has 1 aliphatic carbocycles. The molecular formula is C11H11BrN2. The van der Waals surface area contributed by atoms with E-state index in [9.17, 15) is 0 Å². The van der Waals surface area contributed by atoms with Crippen molar-refractivity contribution in [2.45, 2.75) is 31.6 Å². The van der Waals surface area contributed by atoms with E-state index >= 15 is 0 Å². The lowest BCUT2D eigenvalue weighted by atomic mass is 9.95. The van der Waals surface area contributed by atoms with E-state index in [1.54, 1.807) is 6.20 Å².